The van der Waals surface area contributed by atoms with Gasteiger partial charge < -0.3 is 4.74 Å². The topological polar surface area (TPSA) is 26.3 Å². The van der Waals surface area contributed by atoms with Crippen LogP contribution in [-0.4, -0.2) is 18.0 Å². The molecule has 2 nitrogen and oxygen atoms in total. The molecule has 1 aromatic rings. The molecule has 0 atom stereocenters. The third kappa shape index (κ3) is 2.78. The van der Waals surface area contributed by atoms with Gasteiger partial charge in [-0.1, -0.05) is 12.1 Å². The Morgan fingerprint density at radius 1 is 1.39 bits per heavy atom. The Labute approximate surface area is 107 Å². The van der Waals surface area contributed by atoms with Crippen molar-refractivity contribution in [2.24, 2.45) is 0 Å². The van der Waals surface area contributed by atoms with E-state index in [0.717, 1.165) is 31.2 Å². The van der Waals surface area contributed by atoms with Crippen molar-refractivity contribution in [2.45, 2.75) is 44.6 Å². The fourth-order valence-electron chi connectivity index (χ4n) is 2.72. The Morgan fingerprint density at radius 2 is 2.11 bits per heavy atom. The molecule has 0 aromatic heterocycles. The van der Waals surface area contributed by atoms with E-state index in [4.69, 9.17) is 4.74 Å². The molecule has 2 rings (SSSR count). The van der Waals surface area contributed by atoms with Crippen molar-refractivity contribution < 1.29 is 13.9 Å². The van der Waals surface area contributed by atoms with Crippen LogP contribution in [0.4, 0.5) is 4.39 Å². The molecule has 1 fully saturated rings. The van der Waals surface area contributed by atoms with Crippen LogP contribution in [-0.2, 0) is 16.0 Å². The minimum Gasteiger partial charge on any atom is -0.367 e. The van der Waals surface area contributed by atoms with Crippen molar-refractivity contribution in [3.63, 3.8) is 0 Å². The average Bonchev–Trinajstić information content (AvgIpc) is 2.79. The smallest absolute Gasteiger partial charge is 0.168 e. The first-order chi connectivity index (χ1) is 8.66. The van der Waals surface area contributed by atoms with Crippen molar-refractivity contribution in [1.29, 1.82) is 0 Å². The number of halogens is 1. The summed E-state index contributed by atoms with van der Waals surface area (Å²) in [5, 5.41) is 0. The fraction of sp³-hybridized carbons (Fsp3) is 0.533. The van der Waals surface area contributed by atoms with Gasteiger partial charge in [0.2, 0.25) is 0 Å². The molecule has 1 saturated carbocycles. The average molecular weight is 250 g/mol. The number of carbonyl (C=O) groups is 1. The monoisotopic (exact) mass is 250 g/mol. The Hall–Kier alpha value is -1.22. The quantitative estimate of drug-likeness (QED) is 0.801. The van der Waals surface area contributed by atoms with E-state index in [1.807, 2.05) is 6.92 Å². The minimum atomic E-state index is -0.610. The molecule has 0 radical (unpaired) electrons. The maximum absolute atomic E-state index is 13.1. The van der Waals surface area contributed by atoms with Crippen LogP contribution < -0.4 is 0 Å². The van der Waals surface area contributed by atoms with Gasteiger partial charge >= 0.3 is 0 Å². The zero-order valence-electron chi connectivity index (χ0n) is 10.7. The molecule has 1 aromatic carbocycles. The predicted molar refractivity (Wildman–Crippen MR) is 67.9 cm³/mol. The SMILES string of the molecule is CCOC1(C(=O)Cc2cccc(F)c2)CCCC1. The van der Waals surface area contributed by atoms with Crippen molar-refractivity contribution >= 4 is 5.78 Å². The lowest BCUT2D eigenvalue weighted by Gasteiger charge is -2.27. The molecular formula is C15H19FO2. The molecule has 0 heterocycles. The van der Waals surface area contributed by atoms with Crippen LogP contribution >= 0.6 is 0 Å². The van der Waals surface area contributed by atoms with Crippen molar-refractivity contribution in [1.82, 2.24) is 0 Å². The van der Waals surface area contributed by atoms with Crippen LogP contribution in [0.5, 0.6) is 0 Å². The maximum Gasteiger partial charge on any atom is 0.168 e. The van der Waals surface area contributed by atoms with Crippen molar-refractivity contribution in [3.8, 4) is 0 Å². The zero-order valence-corrected chi connectivity index (χ0v) is 10.7. The minimum absolute atomic E-state index is 0.0902. The number of ketones is 1. The first kappa shape index (κ1) is 13.2. The summed E-state index contributed by atoms with van der Waals surface area (Å²) >= 11 is 0. The van der Waals surface area contributed by atoms with Gasteiger partial charge in [-0.15, -0.1) is 0 Å². The molecule has 18 heavy (non-hydrogen) atoms. The standard InChI is InChI=1S/C15H19FO2/c1-2-18-15(8-3-4-9-15)14(17)11-12-6-5-7-13(16)10-12/h5-7,10H,2-4,8-9,11H2,1H3. The van der Waals surface area contributed by atoms with Crippen molar-refractivity contribution in [3.05, 3.63) is 35.6 Å². The highest BCUT2D eigenvalue weighted by Gasteiger charge is 2.41. The molecular weight excluding hydrogens is 231 g/mol. The van der Waals surface area contributed by atoms with E-state index in [9.17, 15) is 9.18 Å². The lowest BCUT2D eigenvalue weighted by atomic mass is 9.91. The van der Waals surface area contributed by atoms with Gasteiger partial charge in [0.1, 0.15) is 11.4 Å². The van der Waals surface area contributed by atoms with E-state index < -0.39 is 5.60 Å². The molecule has 3 heteroatoms. The molecule has 0 unspecified atom stereocenters. The van der Waals surface area contributed by atoms with E-state index in [2.05, 4.69) is 0 Å². The van der Waals surface area contributed by atoms with Crippen LogP contribution in [0, 0.1) is 5.82 Å². The van der Waals surface area contributed by atoms with E-state index in [0.29, 0.717) is 6.61 Å². The summed E-state index contributed by atoms with van der Waals surface area (Å²) in [6, 6.07) is 6.24. The van der Waals surface area contributed by atoms with Gasteiger partial charge in [0.25, 0.3) is 0 Å². The van der Waals surface area contributed by atoms with Crippen LogP contribution in [0.3, 0.4) is 0 Å². The molecule has 0 N–H and O–H groups in total. The van der Waals surface area contributed by atoms with Crippen molar-refractivity contribution in [2.75, 3.05) is 6.61 Å². The van der Waals surface area contributed by atoms with Gasteiger partial charge in [0.15, 0.2) is 5.78 Å². The molecule has 1 aliphatic rings. The largest absolute Gasteiger partial charge is 0.367 e. The molecule has 98 valence electrons. The van der Waals surface area contributed by atoms with Gasteiger partial charge in [-0.2, -0.15) is 0 Å². The van der Waals surface area contributed by atoms with E-state index >= 15 is 0 Å². The second-order valence-corrected chi connectivity index (χ2v) is 4.86. The van der Waals surface area contributed by atoms with E-state index in [-0.39, 0.29) is 18.0 Å². The molecule has 0 spiro atoms. The van der Waals surface area contributed by atoms with Gasteiger partial charge in [-0.05, 0) is 50.3 Å². The summed E-state index contributed by atoms with van der Waals surface area (Å²) in [5.41, 5.74) is 0.118. The summed E-state index contributed by atoms with van der Waals surface area (Å²) in [6.45, 7) is 2.46. The van der Waals surface area contributed by atoms with Gasteiger partial charge in [0.05, 0.1) is 0 Å². The van der Waals surface area contributed by atoms with E-state index in [1.54, 1.807) is 12.1 Å². The number of carbonyl (C=O) groups excluding carboxylic acids is 1. The Morgan fingerprint density at radius 3 is 2.72 bits per heavy atom. The Kier molecular flexibility index (Phi) is 4.12. The molecule has 1 aliphatic carbocycles. The first-order valence-electron chi connectivity index (χ1n) is 6.58. The zero-order chi connectivity index (χ0) is 13.0. The first-order valence-corrected chi connectivity index (χ1v) is 6.58. The Bertz CT molecular complexity index is 422. The number of hydrogen-bond donors (Lipinski definition) is 0. The number of benzene rings is 1. The predicted octanol–water partition coefficient (Wildman–Crippen LogP) is 3.29. The van der Waals surface area contributed by atoms with Gasteiger partial charge in [-0.25, -0.2) is 4.39 Å². The summed E-state index contributed by atoms with van der Waals surface area (Å²) in [4.78, 5) is 12.4. The van der Waals surface area contributed by atoms with Crippen LogP contribution in [0.15, 0.2) is 24.3 Å². The number of Topliss-reactive ketones (excluding diaryl/α,β-unsaturated/α-hetero) is 1. The van der Waals surface area contributed by atoms with Crippen LogP contribution in [0.1, 0.15) is 38.2 Å². The molecule has 0 bridgehead atoms. The third-order valence-electron chi connectivity index (χ3n) is 3.59. The highest BCUT2D eigenvalue weighted by molar-refractivity contribution is 5.89. The normalized spacial score (nSPS) is 17.9. The summed E-state index contributed by atoms with van der Waals surface area (Å²) in [7, 11) is 0. The molecule has 0 aliphatic heterocycles. The lowest BCUT2D eigenvalue weighted by Crippen LogP contribution is -2.40. The highest BCUT2D eigenvalue weighted by atomic mass is 19.1. The number of hydrogen-bond acceptors (Lipinski definition) is 2. The van der Waals surface area contributed by atoms with Gasteiger partial charge in [0, 0.05) is 13.0 Å². The maximum atomic E-state index is 13.1. The fourth-order valence-corrected chi connectivity index (χ4v) is 2.72. The van der Waals surface area contributed by atoms with Gasteiger partial charge in [-0.3, -0.25) is 4.79 Å². The number of rotatable bonds is 5. The Balaban J connectivity index is 2.10. The van der Waals surface area contributed by atoms with Crippen LogP contribution in [0.2, 0.25) is 0 Å². The third-order valence-corrected chi connectivity index (χ3v) is 3.59. The second-order valence-electron chi connectivity index (χ2n) is 4.86. The van der Waals surface area contributed by atoms with E-state index in [1.165, 1.54) is 12.1 Å². The molecule has 0 amide bonds. The highest BCUT2D eigenvalue weighted by Crippen LogP contribution is 2.35. The number of ether oxygens (including phenoxy) is 1. The summed E-state index contributed by atoms with van der Waals surface area (Å²) in [5.74, 6) is -0.204. The molecule has 0 saturated heterocycles. The van der Waals surface area contributed by atoms with Crippen LogP contribution in [0.25, 0.3) is 0 Å². The summed E-state index contributed by atoms with van der Waals surface area (Å²) in [6.07, 6.45) is 3.94. The summed E-state index contributed by atoms with van der Waals surface area (Å²) < 4.78 is 18.8. The lowest BCUT2D eigenvalue weighted by molar-refractivity contribution is -0.142. The second kappa shape index (κ2) is 5.61.